The highest BCUT2D eigenvalue weighted by Crippen LogP contribution is 2.41. The van der Waals surface area contributed by atoms with Gasteiger partial charge in [-0.2, -0.15) is 0 Å². The van der Waals surface area contributed by atoms with E-state index in [0.29, 0.717) is 36.6 Å². The Morgan fingerprint density at radius 2 is 1.91 bits per heavy atom. The van der Waals surface area contributed by atoms with Crippen molar-refractivity contribution in [2.24, 2.45) is 28.5 Å². The summed E-state index contributed by atoms with van der Waals surface area (Å²) >= 11 is 0. The highest BCUT2D eigenvalue weighted by atomic mass is 16.6. The number of nitrogens with zero attached hydrogens (tertiary/aromatic N) is 1. The van der Waals surface area contributed by atoms with E-state index in [-0.39, 0.29) is 36.2 Å². The van der Waals surface area contributed by atoms with E-state index in [1.54, 1.807) is 32.9 Å². The van der Waals surface area contributed by atoms with Gasteiger partial charge in [0.15, 0.2) is 11.9 Å². The van der Waals surface area contributed by atoms with E-state index in [4.69, 9.17) is 25.4 Å². The monoisotopic (exact) mass is 603 g/mol. The molecule has 1 aliphatic carbocycles. The summed E-state index contributed by atoms with van der Waals surface area (Å²) in [4.78, 5) is 45.4. The van der Waals surface area contributed by atoms with Crippen LogP contribution < -0.4 is 11.1 Å². The minimum atomic E-state index is -1.42. The first-order valence-electron chi connectivity index (χ1n) is 15.5. The lowest BCUT2D eigenvalue weighted by molar-refractivity contribution is -0.162. The molecule has 12 nitrogen and oxygen atoms in total. The summed E-state index contributed by atoms with van der Waals surface area (Å²) in [6.45, 7) is 8.85. The SMILES string of the molecule is CCC(CC)C(=O)N/C(=N/C=N)c1ccc([C@]2(C)O[C@H](COC(=O)CC3CCCCC3)[C@@H](OC(=O)[C@@H](N)C(C)C)[C@H]2O)[nH]1. The van der Waals surface area contributed by atoms with Crippen LogP contribution in [0.1, 0.15) is 97.4 Å². The topological polar surface area (TPSA) is 189 Å². The third-order valence-electron chi connectivity index (χ3n) is 8.74. The standard InChI is InChI=1S/C31H49N5O7/c1-6-20(7-2)29(39)36-28(34-17-32)21-13-14-23(35-21)31(5)27(38)26(42-30(40)25(33)18(3)4)22(43-31)16-41-24(37)15-19-11-9-8-10-12-19/h13-14,17-20,22,25-27,35,38H,6-12,15-16,33H2,1-5H3,(H2,32,34,36,39)/t22-,25+,26-,27-,31+/m1/s1. The Labute approximate surface area is 254 Å². The molecule has 0 spiro atoms. The molecule has 43 heavy (non-hydrogen) atoms. The number of amides is 1. The molecule has 0 aromatic carbocycles. The zero-order chi connectivity index (χ0) is 31.7. The molecule has 6 N–H and O–H groups in total. The Balaban J connectivity index is 1.82. The summed E-state index contributed by atoms with van der Waals surface area (Å²) < 4.78 is 17.6. The van der Waals surface area contributed by atoms with E-state index >= 15 is 0 Å². The smallest absolute Gasteiger partial charge is 0.323 e. The fourth-order valence-corrected chi connectivity index (χ4v) is 5.74. The van der Waals surface area contributed by atoms with Crippen LogP contribution in [0.5, 0.6) is 0 Å². The predicted molar refractivity (Wildman–Crippen MR) is 161 cm³/mol. The molecule has 5 atom stereocenters. The number of hydrogen-bond donors (Lipinski definition) is 5. The number of aromatic nitrogens is 1. The number of aliphatic imine (C=N–C) groups is 1. The number of aliphatic hydroxyl groups excluding tert-OH is 1. The van der Waals surface area contributed by atoms with Crippen LogP contribution in [0.25, 0.3) is 0 Å². The third-order valence-corrected chi connectivity index (χ3v) is 8.74. The second-order valence-corrected chi connectivity index (χ2v) is 12.2. The number of aromatic amines is 1. The second kappa shape index (κ2) is 15.6. The molecule has 0 radical (unpaired) electrons. The Hall–Kier alpha value is -3.09. The maximum absolute atomic E-state index is 12.8. The summed E-state index contributed by atoms with van der Waals surface area (Å²) in [6.07, 6.45) is 4.35. The highest BCUT2D eigenvalue weighted by Gasteiger charge is 2.56. The molecule has 1 saturated carbocycles. The second-order valence-electron chi connectivity index (χ2n) is 12.2. The minimum absolute atomic E-state index is 0.147. The number of carbonyl (C=O) groups is 3. The zero-order valence-corrected chi connectivity index (χ0v) is 26.1. The van der Waals surface area contributed by atoms with Gasteiger partial charge in [-0.15, -0.1) is 0 Å². The number of carbonyl (C=O) groups excluding carboxylic acids is 3. The lowest BCUT2D eigenvalue weighted by Crippen LogP contribution is -2.46. The van der Waals surface area contributed by atoms with Crippen molar-refractivity contribution in [3.05, 3.63) is 23.5 Å². The van der Waals surface area contributed by atoms with Crippen molar-refractivity contribution in [3.63, 3.8) is 0 Å². The van der Waals surface area contributed by atoms with Gasteiger partial charge in [0.05, 0.1) is 11.4 Å². The normalized spacial score (nSPS) is 25.5. The maximum Gasteiger partial charge on any atom is 0.323 e. The Bertz CT molecular complexity index is 1140. The number of H-pyrrole nitrogens is 1. The first-order chi connectivity index (χ1) is 20.4. The first kappa shape index (κ1) is 34.4. The largest absolute Gasteiger partial charge is 0.463 e. The van der Waals surface area contributed by atoms with Gasteiger partial charge in [0.2, 0.25) is 5.91 Å². The number of hydrogen-bond acceptors (Lipinski definition) is 9. The molecule has 240 valence electrons. The van der Waals surface area contributed by atoms with Gasteiger partial charge in [-0.1, -0.05) is 47.0 Å². The van der Waals surface area contributed by atoms with Crippen LogP contribution >= 0.6 is 0 Å². The van der Waals surface area contributed by atoms with Gasteiger partial charge in [-0.25, -0.2) is 4.99 Å². The number of rotatable bonds is 13. The van der Waals surface area contributed by atoms with Gasteiger partial charge < -0.3 is 35.4 Å². The van der Waals surface area contributed by atoms with Crippen LogP contribution in [0.2, 0.25) is 0 Å². The molecular weight excluding hydrogens is 554 g/mol. The summed E-state index contributed by atoms with van der Waals surface area (Å²) in [6, 6.07) is 2.40. The van der Waals surface area contributed by atoms with Crippen molar-refractivity contribution < 1.29 is 33.7 Å². The lowest BCUT2D eigenvalue weighted by Gasteiger charge is -2.27. The molecule has 3 rings (SSSR count). The summed E-state index contributed by atoms with van der Waals surface area (Å²) in [5, 5.41) is 21.8. The van der Waals surface area contributed by atoms with Gasteiger partial charge in [0.25, 0.3) is 0 Å². The molecular formula is C31H49N5O7. The van der Waals surface area contributed by atoms with Crippen molar-refractivity contribution >= 4 is 30.0 Å². The molecule has 2 heterocycles. The molecule has 1 aromatic rings. The number of aliphatic hydroxyl groups is 1. The molecule has 2 fully saturated rings. The van der Waals surface area contributed by atoms with Crippen molar-refractivity contribution in [3.8, 4) is 0 Å². The quantitative estimate of drug-likeness (QED) is 0.129. The first-order valence-corrected chi connectivity index (χ1v) is 15.5. The molecule has 1 amide bonds. The van der Waals surface area contributed by atoms with E-state index in [1.807, 2.05) is 13.8 Å². The highest BCUT2D eigenvalue weighted by molar-refractivity contribution is 6.09. The molecule has 1 aromatic heterocycles. The maximum atomic E-state index is 12.8. The average molecular weight is 604 g/mol. The van der Waals surface area contributed by atoms with Crippen LogP contribution in [0.3, 0.4) is 0 Å². The average Bonchev–Trinajstić information content (AvgIpc) is 3.57. The summed E-state index contributed by atoms with van der Waals surface area (Å²) in [5.41, 5.74) is 5.42. The fraction of sp³-hybridized carbons (Fsp3) is 0.710. The van der Waals surface area contributed by atoms with E-state index in [2.05, 4.69) is 15.3 Å². The van der Waals surface area contributed by atoms with E-state index in [1.165, 1.54) is 6.42 Å². The van der Waals surface area contributed by atoms with Gasteiger partial charge in [0.1, 0.15) is 36.8 Å². The van der Waals surface area contributed by atoms with Crippen molar-refractivity contribution in [2.75, 3.05) is 6.61 Å². The van der Waals surface area contributed by atoms with Gasteiger partial charge in [-0.3, -0.25) is 19.8 Å². The molecule has 0 bridgehead atoms. The zero-order valence-electron chi connectivity index (χ0n) is 26.1. The van der Waals surface area contributed by atoms with Crippen LogP contribution in [-0.4, -0.2) is 71.1 Å². The van der Waals surface area contributed by atoms with E-state index < -0.39 is 35.9 Å². The third kappa shape index (κ3) is 8.51. The fourth-order valence-electron chi connectivity index (χ4n) is 5.74. The molecule has 2 aliphatic rings. The molecule has 12 heteroatoms. The molecule has 1 saturated heterocycles. The number of ether oxygens (including phenoxy) is 3. The number of amidine groups is 1. The number of esters is 2. The van der Waals surface area contributed by atoms with Gasteiger partial charge in [-0.05, 0) is 56.6 Å². The Kier molecular flexibility index (Phi) is 12.5. The van der Waals surface area contributed by atoms with E-state index in [0.717, 1.165) is 32.0 Å². The van der Waals surface area contributed by atoms with Crippen LogP contribution in [0.15, 0.2) is 17.1 Å². The Morgan fingerprint density at radius 3 is 2.51 bits per heavy atom. The number of nitrogens with two attached hydrogens (primary N) is 1. The minimum Gasteiger partial charge on any atom is -0.463 e. The number of nitrogens with one attached hydrogen (secondary N) is 3. The van der Waals surface area contributed by atoms with Crippen molar-refractivity contribution in [1.29, 1.82) is 5.41 Å². The molecule has 0 unspecified atom stereocenters. The van der Waals surface area contributed by atoms with Gasteiger partial charge >= 0.3 is 11.9 Å². The van der Waals surface area contributed by atoms with Crippen LogP contribution in [0, 0.1) is 23.2 Å². The van der Waals surface area contributed by atoms with Crippen molar-refractivity contribution in [1.82, 2.24) is 10.3 Å². The van der Waals surface area contributed by atoms with Crippen LogP contribution in [0.4, 0.5) is 0 Å². The predicted octanol–water partition coefficient (Wildman–Crippen LogP) is 3.30. The summed E-state index contributed by atoms with van der Waals surface area (Å²) in [5.74, 6) is -1.23. The van der Waals surface area contributed by atoms with E-state index in [9.17, 15) is 19.5 Å². The Morgan fingerprint density at radius 1 is 1.23 bits per heavy atom. The van der Waals surface area contributed by atoms with Crippen LogP contribution in [-0.2, 0) is 34.2 Å². The summed E-state index contributed by atoms with van der Waals surface area (Å²) in [7, 11) is 0. The van der Waals surface area contributed by atoms with Gasteiger partial charge in [0, 0.05) is 12.3 Å². The molecule has 1 aliphatic heterocycles. The van der Waals surface area contributed by atoms with Crippen molar-refractivity contribution in [2.45, 2.75) is 116 Å². The lowest BCUT2D eigenvalue weighted by atomic mass is 9.87.